The molecule has 3 rings (SSSR count). The lowest BCUT2D eigenvalue weighted by atomic mass is 10.0. The van der Waals surface area contributed by atoms with Crippen LogP contribution in [0.25, 0.3) is 22.4 Å². The molecule has 0 fully saturated rings. The normalized spacial score (nSPS) is 12.0. The number of aromatic nitrogens is 2. The number of aromatic amines is 1. The molecule has 0 unspecified atom stereocenters. The second-order valence-electron chi connectivity index (χ2n) is 4.63. The van der Waals surface area contributed by atoms with Crippen LogP contribution in [0.4, 0.5) is 13.2 Å². The van der Waals surface area contributed by atoms with Crippen LogP contribution in [-0.4, -0.2) is 9.97 Å². The number of imidazole rings is 1. The average Bonchev–Trinajstić information content (AvgIpc) is 2.81. The van der Waals surface area contributed by atoms with Crippen molar-refractivity contribution in [2.24, 2.45) is 0 Å². The van der Waals surface area contributed by atoms with Crippen LogP contribution >= 0.6 is 0 Å². The Kier molecular flexibility index (Phi) is 2.78. The summed E-state index contributed by atoms with van der Waals surface area (Å²) in [6, 6.07) is 11.6. The number of rotatable bonds is 1. The van der Waals surface area contributed by atoms with Crippen LogP contribution in [0, 0.1) is 6.92 Å². The fourth-order valence-electron chi connectivity index (χ4n) is 2.16. The third-order valence-electron chi connectivity index (χ3n) is 3.21. The molecule has 0 saturated heterocycles. The van der Waals surface area contributed by atoms with E-state index >= 15 is 0 Å². The highest BCUT2D eigenvalue weighted by atomic mass is 19.4. The predicted molar refractivity (Wildman–Crippen MR) is 71.3 cm³/mol. The molecule has 0 amide bonds. The van der Waals surface area contributed by atoms with Crippen molar-refractivity contribution in [1.82, 2.24) is 9.97 Å². The van der Waals surface area contributed by atoms with Crippen molar-refractivity contribution < 1.29 is 13.2 Å². The van der Waals surface area contributed by atoms with Crippen LogP contribution in [0.2, 0.25) is 0 Å². The average molecular weight is 276 g/mol. The summed E-state index contributed by atoms with van der Waals surface area (Å²) in [5.74, 6) is 0.441. The van der Waals surface area contributed by atoms with E-state index in [-0.39, 0.29) is 5.56 Å². The molecule has 0 aliphatic heterocycles. The summed E-state index contributed by atoms with van der Waals surface area (Å²) in [5.41, 5.74) is 1.54. The molecule has 2 nitrogen and oxygen atoms in total. The number of para-hydroxylation sites is 2. The quantitative estimate of drug-likeness (QED) is 0.693. The number of fused-ring (bicyclic) bond motifs is 1. The van der Waals surface area contributed by atoms with Gasteiger partial charge in [0.15, 0.2) is 0 Å². The number of hydrogen-bond donors (Lipinski definition) is 1. The summed E-state index contributed by atoms with van der Waals surface area (Å²) >= 11 is 0. The van der Waals surface area contributed by atoms with Crippen molar-refractivity contribution in [3.8, 4) is 11.4 Å². The van der Waals surface area contributed by atoms with Gasteiger partial charge in [0.2, 0.25) is 0 Å². The predicted octanol–water partition coefficient (Wildman–Crippen LogP) is 4.56. The van der Waals surface area contributed by atoms with Gasteiger partial charge in [-0.15, -0.1) is 0 Å². The third kappa shape index (κ3) is 2.15. The van der Waals surface area contributed by atoms with Gasteiger partial charge in [0.1, 0.15) is 5.82 Å². The number of benzene rings is 2. The second-order valence-corrected chi connectivity index (χ2v) is 4.63. The van der Waals surface area contributed by atoms with E-state index in [1.54, 1.807) is 6.07 Å². The van der Waals surface area contributed by atoms with E-state index in [2.05, 4.69) is 9.97 Å². The molecule has 0 saturated carbocycles. The molecule has 2 aromatic carbocycles. The van der Waals surface area contributed by atoms with Crippen molar-refractivity contribution in [2.45, 2.75) is 13.1 Å². The summed E-state index contributed by atoms with van der Waals surface area (Å²) in [6.45, 7) is 1.45. The number of nitrogens with one attached hydrogen (secondary N) is 1. The van der Waals surface area contributed by atoms with E-state index in [0.29, 0.717) is 11.4 Å². The van der Waals surface area contributed by atoms with Crippen LogP contribution in [-0.2, 0) is 6.18 Å². The van der Waals surface area contributed by atoms with Crippen molar-refractivity contribution >= 4 is 11.0 Å². The highest BCUT2D eigenvalue weighted by Crippen LogP contribution is 2.34. The lowest BCUT2D eigenvalue weighted by molar-refractivity contribution is -0.138. The molecule has 0 radical (unpaired) electrons. The summed E-state index contributed by atoms with van der Waals surface area (Å²) in [6.07, 6.45) is -4.36. The monoisotopic (exact) mass is 276 g/mol. The van der Waals surface area contributed by atoms with Crippen molar-refractivity contribution in [2.75, 3.05) is 0 Å². The first-order chi connectivity index (χ1) is 9.45. The molecular formula is C15H11F3N2. The van der Waals surface area contributed by atoms with Gasteiger partial charge in [-0.3, -0.25) is 0 Å². The number of alkyl halides is 3. The molecule has 0 bridgehead atoms. The minimum atomic E-state index is -4.36. The number of aryl methyl sites for hydroxylation is 1. The molecule has 3 aromatic rings. The molecule has 102 valence electrons. The Labute approximate surface area is 113 Å². The maximum Gasteiger partial charge on any atom is 0.416 e. The lowest BCUT2D eigenvalue weighted by Gasteiger charge is -2.11. The van der Waals surface area contributed by atoms with Crippen LogP contribution in [0.3, 0.4) is 0 Å². The SMILES string of the molecule is Cc1ccc(-c2nc3ccccc3[nH]2)cc1C(F)(F)F. The number of hydrogen-bond acceptors (Lipinski definition) is 1. The molecule has 0 spiro atoms. The smallest absolute Gasteiger partial charge is 0.338 e. The van der Waals surface area contributed by atoms with E-state index in [0.717, 1.165) is 17.1 Å². The highest BCUT2D eigenvalue weighted by molar-refractivity contribution is 5.79. The first-order valence-electron chi connectivity index (χ1n) is 6.08. The van der Waals surface area contributed by atoms with Gasteiger partial charge in [0.05, 0.1) is 16.6 Å². The van der Waals surface area contributed by atoms with Gasteiger partial charge in [-0.25, -0.2) is 4.98 Å². The molecule has 0 atom stereocenters. The van der Waals surface area contributed by atoms with E-state index in [1.807, 2.05) is 24.3 Å². The van der Waals surface area contributed by atoms with E-state index in [1.165, 1.54) is 13.0 Å². The fourth-order valence-corrected chi connectivity index (χ4v) is 2.16. The van der Waals surface area contributed by atoms with Gasteiger partial charge in [0, 0.05) is 5.56 Å². The van der Waals surface area contributed by atoms with Crippen molar-refractivity contribution in [3.63, 3.8) is 0 Å². The fraction of sp³-hybridized carbons (Fsp3) is 0.133. The summed E-state index contributed by atoms with van der Waals surface area (Å²) in [4.78, 5) is 7.34. The van der Waals surface area contributed by atoms with E-state index < -0.39 is 11.7 Å². The Morgan fingerprint density at radius 2 is 1.80 bits per heavy atom. The van der Waals surface area contributed by atoms with E-state index in [4.69, 9.17) is 0 Å². The Bertz CT molecular complexity index is 739. The van der Waals surface area contributed by atoms with Gasteiger partial charge in [-0.05, 0) is 30.7 Å². The summed E-state index contributed by atoms with van der Waals surface area (Å²) in [5, 5.41) is 0. The molecular weight excluding hydrogens is 265 g/mol. The minimum Gasteiger partial charge on any atom is -0.338 e. The van der Waals surface area contributed by atoms with Crippen molar-refractivity contribution in [1.29, 1.82) is 0 Å². The Morgan fingerprint density at radius 1 is 1.05 bits per heavy atom. The third-order valence-corrected chi connectivity index (χ3v) is 3.21. The minimum absolute atomic E-state index is 0.206. The summed E-state index contributed by atoms with van der Waals surface area (Å²) < 4.78 is 38.8. The molecule has 1 heterocycles. The Hall–Kier alpha value is -2.30. The maximum atomic E-state index is 12.9. The Balaban J connectivity index is 2.14. The van der Waals surface area contributed by atoms with Gasteiger partial charge in [-0.1, -0.05) is 24.3 Å². The topological polar surface area (TPSA) is 28.7 Å². The molecule has 5 heteroatoms. The van der Waals surface area contributed by atoms with Crippen LogP contribution < -0.4 is 0 Å². The first kappa shape index (κ1) is 12.7. The maximum absolute atomic E-state index is 12.9. The first-order valence-corrected chi connectivity index (χ1v) is 6.08. The van der Waals surface area contributed by atoms with Gasteiger partial charge < -0.3 is 4.98 Å². The molecule has 1 aromatic heterocycles. The molecule has 1 N–H and O–H groups in total. The van der Waals surface area contributed by atoms with Gasteiger partial charge in [0.25, 0.3) is 0 Å². The summed E-state index contributed by atoms with van der Waals surface area (Å²) in [7, 11) is 0. The number of H-pyrrole nitrogens is 1. The van der Waals surface area contributed by atoms with Crippen molar-refractivity contribution in [3.05, 3.63) is 53.6 Å². The highest BCUT2D eigenvalue weighted by Gasteiger charge is 2.32. The second kappa shape index (κ2) is 4.37. The van der Waals surface area contributed by atoms with Gasteiger partial charge >= 0.3 is 6.18 Å². The van der Waals surface area contributed by atoms with Crippen LogP contribution in [0.15, 0.2) is 42.5 Å². The zero-order valence-corrected chi connectivity index (χ0v) is 10.6. The molecule has 0 aliphatic rings. The van der Waals surface area contributed by atoms with E-state index in [9.17, 15) is 13.2 Å². The van der Waals surface area contributed by atoms with Crippen LogP contribution in [0.5, 0.6) is 0 Å². The van der Waals surface area contributed by atoms with Crippen LogP contribution in [0.1, 0.15) is 11.1 Å². The van der Waals surface area contributed by atoms with Gasteiger partial charge in [-0.2, -0.15) is 13.2 Å². The standard InChI is InChI=1S/C15H11F3N2/c1-9-6-7-10(8-11(9)15(16,17)18)14-19-12-4-2-3-5-13(12)20-14/h2-8H,1H3,(H,19,20). The number of nitrogens with zero attached hydrogens (tertiary/aromatic N) is 1. The Morgan fingerprint density at radius 3 is 2.50 bits per heavy atom. The molecule has 20 heavy (non-hydrogen) atoms. The zero-order chi connectivity index (χ0) is 14.3. The zero-order valence-electron chi connectivity index (χ0n) is 10.6. The number of halogens is 3. The largest absolute Gasteiger partial charge is 0.416 e. The molecule has 0 aliphatic carbocycles. The lowest BCUT2D eigenvalue weighted by Crippen LogP contribution is -2.07.